The van der Waals surface area contributed by atoms with E-state index in [1.807, 2.05) is 36.4 Å². The number of carbonyl (C=O) groups is 1. The molecule has 7 nitrogen and oxygen atoms in total. The molecule has 0 atom stereocenters. The number of ether oxygens (including phenoxy) is 2. The maximum atomic E-state index is 12.3. The number of hydrogen-bond acceptors (Lipinski definition) is 6. The molecule has 0 aliphatic carbocycles. The molecule has 27 heavy (non-hydrogen) atoms. The maximum Gasteiger partial charge on any atom is 0.270 e. The molecule has 0 bridgehead atoms. The topological polar surface area (TPSA) is 85.4 Å². The second-order valence-corrected chi connectivity index (χ2v) is 6.01. The van der Waals surface area contributed by atoms with E-state index in [0.29, 0.717) is 18.8 Å². The first-order valence-electron chi connectivity index (χ1n) is 8.53. The van der Waals surface area contributed by atoms with Crippen molar-refractivity contribution in [1.29, 1.82) is 0 Å². The Hall–Kier alpha value is -3.61. The molecule has 2 aromatic heterocycles. The van der Waals surface area contributed by atoms with Gasteiger partial charge in [-0.05, 0) is 47.5 Å². The zero-order valence-electron chi connectivity index (χ0n) is 14.5. The number of nitrogens with one attached hydrogen (secondary N) is 2. The third-order valence-electron chi connectivity index (χ3n) is 4.13. The third-order valence-corrected chi connectivity index (χ3v) is 4.13. The monoisotopic (exact) mass is 362 g/mol. The summed E-state index contributed by atoms with van der Waals surface area (Å²) in [6, 6.07) is 13.1. The average Bonchev–Trinajstić information content (AvgIpc) is 3.19. The van der Waals surface area contributed by atoms with Crippen LogP contribution in [0.5, 0.6) is 11.5 Å². The summed E-state index contributed by atoms with van der Waals surface area (Å²) in [4.78, 5) is 20.4. The highest BCUT2D eigenvalue weighted by Gasteiger charge is 2.13. The van der Waals surface area contributed by atoms with Gasteiger partial charge in [-0.2, -0.15) is 0 Å². The molecular formula is C20H18N4O3. The molecule has 0 saturated carbocycles. The van der Waals surface area contributed by atoms with Crippen molar-refractivity contribution in [3.05, 3.63) is 77.9 Å². The summed E-state index contributed by atoms with van der Waals surface area (Å²) >= 11 is 0. The van der Waals surface area contributed by atoms with Crippen molar-refractivity contribution in [3.63, 3.8) is 0 Å². The van der Waals surface area contributed by atoms with E-state index < -0.39 is 0 Å². The summed E-state index contributed by atoms with van der Waals surface area (Å²) in [6.07, 6.45) is 5.00. The number of benzene rings is 1. The number of carbonyl (C=O) groups excluding carboxylic acids is 1. The standard InChI is InChI=1S/C20H18N4O3/c25-20(24-11-14-3-6-21-7-4-14)17-10-16(5-8-22-17)23-12-15-1-2-18-19(9-15)27-13-26-18/h1-10H,11-13H2,(H,22,23)(H,24,25). The van der Waals surface area contributed by atoms with E-state index in [2.05, 4.69) is 20.6 Å². The fourth-order valence-corrected chi connectivity index (χ4v) is 2.69. The number of anilines is 1. The van der Waals surface area contributed by atoms with E-state index in [1.165, 1.54) is 0 Å². The molecule has 1 amide bonds. The molecule has 3 aromatic rings. The number of aromatic nitrogens is 2. The van der Waals surface area contributed by atoms with Gasteiger partial charge in [0.05, 0.1) is 0 Å². The molecule has 2 N–H and O–H groups in total. The Morgan fingerprint density at radius 1 is 0.926 bits per heavy atom. The smallest absolute Gasteiger partial charge is 0.270 e. The first kappa shape index (κ1) is 16.8. The largest absolute Gasteiger partial charge is 0.454 e. The third kappa shape index (κ3) is 4.14. The van der Waals surface area contributed by atoms with Crippen LogP contribution in [-0.2, 0) is 13.1 Å². The molecule has 0 saturated heterocycles. The lowest BCUT2D eigenvalue weighted by Crippen LogP contribution is -2.23. The van der Waals surface area contributed by atoms with Gasteiger partial charge in [-0.25, -0.2) is 0 Å². The highest BCUT2D eigenvalue weighted by molar-refractivity contribution is 5.93. The Kier molecular flexibility index (Phi) is 4.82. The van der Waals surface area contributed by atoms with Gasteiger partial charge in [0.2, 0.25) is 6.79 Å². The summed E-state index contributed by atoms with van der Waals surface area (Å²) in [5, 5.41) is 6.15. The van der Waals surface area contributed by atoms with Gasteiger partial charge in [-0.3, -0.25) is 14.8 Å². The summed E-state index contributed by atoms with van der Waals surface area (Å²) in [7, 11) is 0. The molecule has 4 rings (SSSR count). The van der Waals surface area contributed by atoms with E-state index in [4.69, 9.17) is 9.47 Å². The Balaban J connectivity index is 1.36. The van der Waals surface area contributed by atoms with E-state index in [-0.39, 0.29) is 12.7 Å². The van der Waals surface area contributed by atoms with Gasteiger partial charge in [0.15, 0.2) is 11.5 Å². The Labute approximate surface area is 156 Å². The maximum absolute atomic E-state index is 12.3. The first-order chi connectivity index (χ1) is 13.3. The van der Waals surface area contributed by atoms with E-state index in [9.17, 15) is 4.79 Å². The molecular weight excluding hydrogens is 344 g/mol. The second-order valence-electron chi connectivity index (χ2n) is 6.01. The molecule has 0 fully saturated rings. The van der Waals surface area contributed by atoms with Gasteiger partial charge in [0.1, 0.15) is 5.69 Å². The van der Waals surface area contributed by atoms with Gasteiger partial charge in [0, 0.05) is 37.4 Å². The molecule has 136 valence electrons. The average molecular weight is 362 g/mol. The lowest BCUT2D eigenvalue weighted by Gasteiger charge is -2.09. The van der Waals surface area contributed by atoms with Gasteiger partial charge in [0.25, 0.3) is 5.91 Å². The minimum Gasteiger partial charge on any atom is -0.454 e. The lowest BCUT2D eigenvalue weighted by molar-refractivity contribution is 0.0946. The second kappa shape index (κ2) is 7.74. The number of nitrogens with zero attached hydrogens (tertiary/aromatic N) is 2. The molecule has 1 aliphatic heterocycles. The van der Waals surface area contributed by atoms with Crippen LogP contribution < -0.4 is 20.1 Å². The highest BCUT2D eigenvalue weighted by atomic mass is 16.7. The van der Waals surface area contributed by atoms with Crippen LogP contribution in [0.15, 0.2) is 61.1 Å². The van der Waals surface area contributed by atoms with E-state index in [0.717, 1.165) is 28.3 Å². The van der Waals surface area contributed by atoms with Crippen molar-refractivity contribution in [2.45, 2.75) is 13.1 Å². The van der Waals surface area contributed by atoms with Gasteiger partial charge in [-0.15, -0.1) is 0 Å². The van der Waals surface area contributed by atoms with Crippen LogP contribution in [0.1, 0.15) is 21.6 Å². The fraction of sp³-hybridized carbons (Fsp3) is 0.150. The summed E-state index contributed by atoms with van der Waals surface area (Å²) in [6.45, 7) is 1.28. The van der Waals surface area contributed by atoms with Crippen molar-refractivity contribution in [1.82, 2.24) is 15.3 Å². The molecule has 1 aliphatic rings. The van der Waals surface area contributed by atoms with Crippen LogP contribution >= 0.6 is 0 Å². The SMILES string of the molecule is O=C(NCc1ccncc1)c1cc(NCc2ccc3c(c2)OCO3)ccn1. The number of rotatable bonds is 6. The predicted molar refractivity (Wildman–Crippen MR) is 99.5 cm³/mol. The minimum absolute atomic E-state index is 0.224. The van der Waals surface area contributed by atoms with E-state index >= 15 is 0 Å². The molecule has 0 unspecified atom stereocenters. The first-order valence-corrected chi connectivity index (χ1v) is 8.53. The van der Waals surface area contributed by atoms with Crippen LogP contribution in [0.2, 0.25) is 0 Å². The molecule has 0 radical (unpaired) electrons. The molecule has 0 spiro atoms. The summed E-state index contributed by atoms with van der Waals surface area (Å²) in [5.41, 5.74) is 3.21. The van der Waals surface area contributed by atoms with Gasteiger partial charge < -0.3 is 20.1 Å². The minimum atomic E-state index is -0.224. The van der Waals surface area contributed by atoms with Gasteiger partial charge in [-0.1, -0.05) is 6.07 Å². The van der Waals surface area contributed by atoms with Crippen molar-refractivity contribution < 1.29 is 14.3 Å². The van der Waals surface area contributed by atoms with Crippen LogP contribution in [0.25, 0.3) is 0 Å². The van der Waals surface area contributed by atoms with Crippen molar-refractivity contribution in [2.75, 3.05) is 12.1 Å². The van der Waals surface area contributed by atoms with Crippen molar-refractivity contribution in [3.8, 4) is 11.5 Å². The predicted octanol–water partition coefficient (Wildman–Crippen LogP) is 2.75. The summed E-state index contributed by atoms with van der Waals surface area (Å²) in [5.74, 6) is 1.29. The Morgan fingerprint density at radius 2 is 1.78 bits per heavy atom. The number of fused-ring (bicyclic) bond motifs is 1. The lowest BCUT2D eigenvalue weighted by atomic mass is 10.2. The quantitative estimate of drug-likeness (QED) is 0.701. The summed E-state index contributed by atoms with van der Waals surface area (Å²) < 4.78 is 10.7. The zero-order valence-corrected chi connectivity index (χ0v) is 14.5. The van der Waals surface area contributed by atoms with E-state index in [1.54, 1.807) is 24.7 Å². The molecule has 3 heterocycles. The number of pyridine rings is 2. The fourth-order valence-electron chi connectivity index (χ4n) is 2.69. The van der Waals surface area contributed by atoms with Crippen LogP contribution in [-0.4, -0.2) is 22.7 Å². The van der Waals surface area contributed by atoms with Gasteiger partial charge >= 0.3 is 0 Å². The Morgan fingerprint density at radius 3 is 2.67 bits per heavy atom. The zero-order chi connectivity index (χ0) is 18.5. The van der Waals surface area contributed by atoms with Crippen LogP contribution in [0, 0.1) is 0 Å². The van der Waals surface area contributed by atoms with Crippen molar-refractivity contribution in [2.24, 2.45) is 0 Å². The van der Waals surface area contributed by atoms with Crippen molar-refractivity contribution >= 4 is 11.6 Å². The number of amides is 1. The molecule has 7 heteroatoms. The van der Waals surface area contributed by atoms with Crippen LogP contribution in [0.4, 0.5) is 5.69 Å². The molecule has 1 aromatic carbocycles. The van der Waals surface area contributed by atoms with Crippen LogP contribution in [0.3, 0.4) is 0 Å². The number of hydrogen-bond donors (Lipinski definition) is 2. The normalized spacial score (nSPS) is 11.9. The Bertz CT molecular complexity index is 947. The highest BCUT2D eigenvalue weighted by Crippen LogP contribution is 2.32.